The Hall–Kier alpha value is -2.45. The number of halogens is 1. The van der Waals surface area contributed by atoms with Gasteiger partial charge in [0.25, 0.3) is 0 Å². The molecule has 2 amide bonds. The van der Waals surface area contributed by atoms with Crippen molar-refractivity contribution in [3.8, 4) is 5.75 Å². The summed E-state index contributed by atoms with van der Waals surface area (Å²) in [7, 11) is -4.04. The summed E-state index contributed by atoms with van der Waals surface area (Å²) in [4.78, 5) is 26.6. The lowest BCUT2D eigenvalue weighted by Crippen LogP contribution is -2.30. The molecule has 0 bridgehead atoms. The molecule has 1 saturated heterocycles. The van der Waals surface area contributed by atoms with Gasteiger partial charge in [0.15, 0.2) is 0 Å². The number of fused-ring (bicyclic) bond motifs is 1. The van der Waals surface area contributed by atoms with Crippen LogP contribution in [0.3, 0.4) is 0 Å². The van der Waals surface area contributed by atoms with Gasteiger partial charge in [0.1, 0.15) is 10.6 Å². The molecule has 1 heterocycles. The van der Waals surface area contributed by atoms with Gasteiger partial charge in [-0.05, 0) is 49.2 Å². The zero-order chi connectivity index (χ0) is 19.9. The lowest BCUT2D eigenvalue weighted by molar-refractivity contribution is -0.122. The molecule has 8 heteroatoms. The molecule has 2 aromatic carbocycles. The van der Waals surface area contributed by atoms with E-state index >= 15 is 0 Å². The highest BCUT2D eigenvalue weighted by atomic mass is 79.9. The number of carbonyl (C=O) groups excluding carboxylic acids is 2. The molecule has 2 atom stereocenters. The number of hydrogen-bond donors (Lipinski definition) is 0. The summed E-state index contributed by atoms with van der Waals surface area (Å²) in [5, 5.41) is 0. The molecule has 0 N–H and O–H groups in total. The van der Waals surface area contributed by atoms with Gasteiger partial charge in [-0.15, -0.1) is 0 Å². The average Bonchev–Trinajstić information content (AvgIpc) is 2.93. The van der Waals surface area contributed by atoms with Gasteiger partial charge in [0, 0.05) is 10.5 Å². The van der Waals surface area contributed by atoms with Crippen molar-refractivity contribution in [2.24, 2.45) is 11.8 Å². The first-order valence-electron chi connectivity index (χ1n) is 8.70. The summed E-state index contributed by atoms with van der Waals surface area (Å²) in [6.07, 6.45) is 4.92. The maximum absolute atomic E-state index is 12.7. The molecule has 0 spiro atoms. The van der Waals surface area contributed by atoms with Crippen LogP contribution in [0.4, 0.5) is 5.69 Å². The second-order valence-corrected chi connectivity index (χ2v) is 9.12. The fourth-order valence-corrected chi connectivity index (χ4v) is 4.69. The summed E-state index contributed by atoms with van der Waals surface area (Å²) < 4.78 is 30.9. The lowest BCUT2D eigenvalue weighted by Gasteiger charge is -2.16. The topological polar surface area (TPSA) is 80.8 Å². The predicted octanol–water partition coefficient (Wildman–Crippen LogP) is 3.67. The third-order valence-electron chi connectivity index (χ3n) is 4.89. The molecular weight excluding hydrogens is 446 g/mol. The highest BCUT2D eigenvalue weighted by molar-refractivity contribution is 9.10. The van der Waals surface area contributed by atoms with E-state index in [0.29, 0.717) is 18.5 Å². The van der Waals surface area contributed by atoms with E-state index < -0.39 is 10.1 Å². The number of rotatable bonds is 4. The van der Waals surface area contributed by atoms with Crippen LogP contribution >= 0.6 is 15.9 Å². The van der Waals surface area contributed by atoms with Crippen molar-refractivity contribution in [3.05, 3.63) is 65.2 Å². The smallest absolute Gasteiger partial charge is 0.339 e. The van der Waals surface area contributed by atoms with E-state index in [-0.39, 0.29) is 34.3 Å². The molecule has 2 aliphatic rings. The van der Waals surface area contributed by atoms with Gasteiger partial charge in [-0.2, -0.15) is 8.42 Å². The van der Waals surface area contributed by atoms with Crippen LogP contribution in [0.15, 0.2) is 70.1 Å². The minimum atomic E-state index is -4.04. The van der Waals surface area contributed by atoms with E-state index in [9.17, 15) is 18.0 Å². The minimum Gasteiger partial charge on any atom is -0.379 e. The number of imide groups is 1. The monoisotopic (exact) mass is 461 g/mol. The number of amides is 2. The first-order chi connectivity index (χ1) is 13.4. The van der Waals surface area contributed by atoms with Crippen molar-refractivity contribution in [2.75, 3.05) is 4.90 Å². The fraction of sp³-hybridized carbons (Fsp3) is 0.200. The van der Waals surface area contributed by atoms with Gasteiger partial charge in [0.05, 0.1) is 17.5 Å². The maximum atomic E-state index is 12.7. The molecule has 1 aliphatic heterocycles. The normalized spacial score (nSPS) is 21.7. The van der Waals surface area contributed by atoms with Crippen LogP contribution in [0.25, 0.3) is 0 Å². The van der Waals surface area contributed by atoms with Gasteiger partial charge in [-0.3, -0.25) is 9.59 Å². The average molecular weight is 462 g/mol. The van der Waals surface area contributed by atoms with Crippen LogP contribution in [0.1, 0.15) is 12.8 Å². The zero-order valence-electron chi connectivity index (χ0n) is 14.6. The van der Waals surface area contributed by atoms with Crippen molar-refractivity contribution < 1.29 is 22.2 Å². The van der Waals surface area contributed by atoms with Crippen LogP contribution in [-0.2, 0) is 19.7 Å². The summed E-state index contributed by atoms with van der Waals surface area (Å²) >= 11 is 3.25. The Kier molecular flexibility index (Phi) is 4.84. The molecule has 144 valence electrons. The van der Waals surface area contributed by atoms with E-state index in [4.69, 9.17) is 4.18 Å². The number of nitrogens with zero attached hydrogens (tertiary/aromatic N) is 1. The molecule has 4 rings (SSSR count). The summed E-state index contributed by atoms with van der Waals surface area (Å²) in [5.74, 6) is -1.18. The minimum absolute atomic E-state index is 0.00604. The first-order valence-corrected chi connectivity index (χ1v) is 10.9. The van der Waals surface area contributed by atoms with E-state index in [1.54, 1.807) is 24.3 Å². The zero-order valence-corrected chi connectivity index (χ0v) is 17.0. The summed E-state index contributed by atoms with van der Waals surface area (Å²) in [5.41, 5.74) is 0.313. The quantitative estimate of drug-likeness (QED) is 0.394. The van der Waals surface area contributed by atoms with Gasteiger partial charge >= 0.3 is 10.1 Å². The third kappa shape index (κ3) is 3.38. The van der Waals surface area contributed by atoms with Crippen LogP contribution in [0.2, 0.25) is 0 Å². The van der Waals surface area contributed by atoms with Gasteiger partial charge in [-0.1, -0.05) is 34.1 Å². The maximum Gasteiger partial charge on any atom is 0.339 e. The SMILES string of the molecule is O=C1[C@@H]2CC=CC[C@H]2C(=O)N1c1cccc(OS(=O)(=O)c2ccc(Br)cc2)c1. The number of hydrogen-bond acceptors (Lipinski definition) is 5. The fourth-order valence-electron chi connectivity index (χ4n) is 3.51. The number of allylic oxidation sites excluding steroid dienone is 2. The molecule has 0 aromatic heterocycles. The lowest BCUT2D eigenvalue weighted by atomic mass is 9.85. The summed E-state index contributed by atoms with van der Waals surface area (Å²) in [6.45, 7) is 0. The van der Waals surface area contributed by atoms with Crippen molar-refractivity contribution in [3.63, 3.8) is 0 Å². The van der Waals surface area contributed by atoms with E-state index in [1.165, 1.54) is 24.3 Å². The summed E-state index contributed by atoms with van der Waals surface area (Å²) in [6, 6.07) is 12.1. The Morgan fingerprint density at radius 1 is 0.929 bits per heavy atom. The molecule has 28 heavy (non-hydrogen) atoms. The Morgan fingerprint density at radius 2 is 1.54 bits per heavy atom. The van der Waals surface area contributed by atoms with Crippen LogP contribution in [0, 0.1) is 11.8 Å². The molecule has 0 radical (unpaired) electrons. The molecule has 2 aromatic rings. The number of carbonyl (C=O) groups is 2. The Morgan fingerprint density at radius 3 is 2.14 bits per heavy atom. The Balaban J connectivity index is 1.61. The van der Waals surface area contributed by atoms with Crippen molar-refractivity contribution >= 4 is 43.5 Å². The highest BCUT2D eigenvalue weighted by Crippen LogP contribution is 2.38. The van der Waals surface area contributed by atoms with Gasteiger partial charge in [-0.25, -0.2) is 4.90 Å². The predicted molar refractivity (Wildman–Crippen MR) is 106 cm³/mol. The largest absolute Gasteiger partial charge is 0.379 e. The van der Waals surface area contributed by atoms with E-state index in [1.807, 2.05) is 12.2 Å². The van der Waals surface area contributed by atoms with E-state index in [2.05, 4.69) is 15.9 Å². The Bertz CT molecular complexity index is 1050. The molecule has 0 saturated carbocycles. The van der Waals surface area contributed by atoms with Crippen molar-refractivity contribution in [1.82, 2.24) is 0 Å². The molecular formula is C20H16BrNO5S. The van der Waals surface area contributed by atoms with Crippen LogP contribution in [0.5, 0.6) is 5.75 Å². The van der Waals surface area contributed by atoms with Crippen LogP contribution < -0.4 is 9.08 Å². The molecule has 1 aliphatic carbocycles. The van der Waals surface area contributed by atoms with E-state index in [0.717, 1.165) is 9.37 Å². The molecule has 6 nitrogen and oxygen atoms in total. The first kappa shape index (κ1) is 18.9. The number of anilines is 1. The molecule has 0 unspecified atom stereocenters. The standard InChI is InChI=1S/C20H16BrNO5S/c21-13-8-10-16(11-9-13)28(25,26)27-15-5-3-4-14(12-15)22-19(23)17-6-1-2-7-18(17)20(22)24/h1-5,8-12,17-18H,6-7H2/t17-,18-/m1/s1. The third-order valence-corrected chi connectivity index (χ3v) is 6.68. The second kappa shape index (κ2) is 7.18. The van der Waals surface area contributed by atoms with Crippen molar-refractivity contribution in [2.45, 2.75) is 17.7 Å². The van der Waals surface area contributed by atoms with Crippen LogP contribution in [-0.4, -0.2) is 20.2 Å². The number of benzene rings is 2. The Labute approximate surface area is 171 Å². The molecule has 1 fully saturated rings. The highest BCUT2D eigenvalue weighted by Gasteiger charge is 2.47. The van der Waals surface area contributed by atoms with Gasteiger partial charge < -0.3 is 4.18 Å². The second-order valence-electron chi connectivity index (χ2n) is 6.66. The van der Waals surface area contributed by atoms with Gasteiger partial charge in [0.2, 0.25) is 11.8 Å². The van der Waals surface area contributed by atoms with Crippen molar-refractivity contribution in [1.29, 1.82) is 0 Å².